The molecule has 0 atom stereocenters. The average Bonchev–Trinajstić information content (AvgIpc) is 3.22. The minimum Gasteiger partial charge on any atom is -0.404 e. The van der Waals surface area contributed by atoms with Gasteiger partial charge in [-0.05, 0) is 48.4 Å². The highest BCUT2D eigenvalue weighted by molar-refractivity contribution is 8.05. The van der Waals surface area contributed by atoms with Crippen LogP contribution in [0.2, 0.25) is 5.02 Å². The number of thioether (sulfide) groups is 1. The van der Waals surface area contributed by atoms with Crippen molar-refractivity contribution in [1.29, 1.82) is 0 Å². The molecule has 2 aliphatic heterocycles. The van der Waals surface area contributed by atoms with Crippen molar-refractivity contribution >= 4 is 46.3 Å². The van der Waals surface area contributed by atoms with E-state index >= 15 is 0 Å². The maximum absolute atomic E-state index is 8.49. The average molecular weight is 570 g/mol. The number of rotatable bonds is 3. The molecule has 196 valence electrons. The van der Waals surface area contributed by atoms with E-state index in [2.05, 4.69) is 77.4 Å². The van der Waals surface area contributed by atoms with E-state index < -0.39 is 10.2 Å². The summed E-state index contributed by atoms with van der Waals surface area (Å²) in [5.41, 5.74) is 4.65. The highest BCUT2D eigenvalue weighted by Crippen LogP contribution is 2.55. The first-order chi connectivity index (χ1) is 18.2. The lowest BCUT2D eigenvalue weighted by Crippen LogP contribution is -2.68. The van der Waals surface area contributed by atoms with E-state index in [-0.39, 0.29) is 4.87 Å². The van der Waals surface area contributed by atoms with Crippen LogP contribution in [0.4, 0.5) is 5.69 Å². The smallest absolute Gasteiger partial charge is 0.389 e. The molecule has 1 saturated carbocycles. The lowest BCUT2D eigenvalue weighted by molar-refractivity contribution is -2.00. The van der Waals surface area contributed by atoms with Crippen LogP contribution in [0.3, 0.4) is 0 Å². The van der Waals surface area contributed by atoms with Crippen LogP contribution in [0.15, 0.2) is 95.9 Å². The van der Waals surface area contributed by atoms with E-state index in [0.29, 0.717) is 0 Å². The lowest BCUT2D eigenvalue weighted by atomic mass is 9.93. The number of allylic oxidation sites excluding steroid dienone is 2. The fourth-order valence-electron chi connectivity index (χ4n) is 5.11. The molecular weight excluding hydrogens is 545 g/mol. The first-order valence-corrected chi connectivity index (χ1v) is 14.6. The molecule has 6 rings (SSSR count). The van der Waals surface area contributed by atoms with Crippen LogP contribution >= 0.6 is 23.4 Å². The van der Waals surface area contributed by atoms with Crippen molar-refractivity contribution in [3.05, 3.63) is 112 Å². The molecule has 6 nitrogen and oxygen atoms in total. The molecule has 0 radical (unpaired) electrons. The number of halogens is 2. The van der Waals surface area contributed by atoms with Gasteiger partial charge in [0, 0.05) is 41.1 Å². The first-order valence-electron chi connectivity index (χ1n) is 12.2. The van der Waals surface area contributed by atoms with Crippen molar-refractivity contribution < 1.29 is 38.2 Å². The monoisotopic (exact) mass is 569 g/mol. The van der Waals surface area contributed by atoms with Gasteiger partial charge in [0.25, 0.3) is 0 Å². The van der Waals surface area contributed by atoms with E-state index in [4.69, 9.17) is 35.0 Å². The Hall–Kier alpha value is -2.62. The molecule has 1 spiro atoms. The van der Waals surface area contributed by atoms with Crippen molar-refractivity contribution in [2.45, 2.75) is 37.0 Å². The van der Waals surface area contributed by atoms with Gasteiger partial charge in [0.1, 0.15) is 10.7 Å². The van der Waals surface area contributed by atoms with E-state index in [9.17, 15) is 0 Å². The van der Waals surface area contributed by atoms with Gasteiger partial charge in [-0.3, -0.25) is 0 Å². The summed E-state index contributed by atoms with van der Waals surface area (Å²) in [5, 5.41) is 0.751. The summed E-state index contributed by atoms with van der Waals surface area (Å²) >= 11 is 8.22. The Labute approximate surface area is 232 Å². The van der Waals surface area contributed by atoms with Crippen LogP contribution in [0.1, 0.15) is 43.2 Å². The number of ether oxygens (including phenoxy) is 1. The van der Waals surface area contributed by atoms with Crippen molar-refractivity contribution in [2.24, 2.45) is 0 Å². The van der Waals surface area contributed by atoms with Crippen molar-refractivity contribution in [3.8, 4) is 0 Å². The zero-order chi connectivity index (χ0) is 26.8. The van der Waals surface area contributed by atoms with Gasteiger partial charge in [0.15, 0.2) is 0 Å². The van der Waals surface area contributed by atoms with E-state index in [1.165, 1.54) is 35.4 Å². The Bertz CT molecular complexity index is 1370. The largest absolute Gasteiger partial charge is 0.404 e. The molecule has 0 aromatic heterocycles. The van der Waals surface area contributed by atoms with Crippen LogP contribution in [0.25, 0.3) is 11.3 Å². The summed E-state index contributed by atoms with van der Waals surface area (Å²) in [6.45, 7) is 0. The van der Waals surface area contributed by atoms with Crippen molar-refractivity contribution in [3.63, 3.8) is 0 Å². The maximum Gasteiger partial charge on any atom is 0.389 e. The molecule has 0 N–H and O–H groups in total. The highest BCUT2D eigenvalue weighted by atomic mass is 35.7. The summed E-state index contributed by atoms with van der Waals surface area (Å²) in [7, 11) is -4.94. The molecule has 2 heterocycles. The maximum atomic E-state index is 8.49. The van der Waals surface area contributed by atoms with Crippen molar-refractivity contribution in [1.82, 2.24) is 0 Å². The zero-order valence-corrected chi connectivity index (χ0v) is 22.7. The third-order valence-corrected chi connectivity index (χ3v) is 8.51. The first kappa shape index (κ1) is 27.0. The number of benzene rings is 3. The summed E-state index contributed by atoms with van der Waals surface area (Å²) in [4.78, 5) is 1.21. The topological polar surface area (TPSA) is 104 Å². The Morgan fingerprint density at radius 1 is 0.763 bits per heavy atom. The van der Waals surface area contributed by atoms with Gasteiger partial charge in [0.05, 0.1) is 0 Å². The third-order valence-electron chi connectivity index (χ3n) is 6.69. The van der Waals surface area contributed by atoms with Crippen molar-refractivity contribution in [2.75, 3.05) is 0 Å². The molecule has 38 heavy (non-hydrogen) atoms. The molecule has 3 aliphatic rings. The van der Waals surface area contributed by atoms with E-state index in [0.717, 1.165) is 40.6 Å². The third kappa shape index (κ3) is 6.00. The summed E-state index contributed by atoms with van der Waals surface area (Å²) < 4.78 is 43.2. The molecule has 0 saturated heterocycles. The predicted molar refractivity (Wildman–Crippen MR) is 139 cm³/mol. The SMILES string of the molecule is Clc1ccc(C2=C3SC4(CCCCC4)[N+](c4ccccc4)=C3OC(c3ccccc3)=C2)cc1.[O-][Cl+3]([O-])([O-])[O-]. The fraction of sp³-hybridized carbons (Fsp3) is 0.207. The van der Waals surface area contributed by atoms with Gasteiger partial charge in [-0.1, -0.05) is 78.7 Å². The van der Waals surface area contributed by atoms with E-state index in [1.807, 2.05) is 30.0 Å². The highest BCUT2D eigenvalue weighted by Gasteiger charge is 2.56. The van der Waals surface area contributed by atoms with E-state index in [1.54, 1.807) is 0 Å². The number of fused-ring (bicyclic) bond motifs is 1. The number of nitrogens with zero attached hydrogens (tertiary/aromatic N) is 1. The second-order valence-electron chi connectivity index (χ2n) is 9.19. The Kier molecular flexibility index (Phi) is 7.98. The zero-order valence-electron chi connectivity index (χ0n) is 20.3. The fourth-order valence-corrected chi connectivity index (χ4v) is 6.89. The second kappa shape index (κ2) is 11.2. The van der Waals surface area contributed by atoms with Gasteiger partial charge in [-0.25, -0.2) is 18.6 Å². The minimum atomic E-state index is -4.94. The molecule has 3 aromatic rings. The number of hydrogen-bond donors (Lipinski definition) is 0. The molecule has 0 amide bonds. The minimum absolute atomic E-state index is 0.0120. The summed E-state index contributed by atoms with van der Waals surface area (Å²) in [5.74, 6) is 1.84. The van der Waals surface area contributed by atoms with Crippen LogP contribution in [-0.4, -0.2) is 15.3 Å². The molecule has 0 unspecified atom stereocenters. The van der Waals surface area contributed by atoms with Gasteiger partial charge in [-0.15, -0.1) is 14.8 Å². The van der Waals surface area contributed by atoms with Gasteiger partial charge in [-0.2, -0.15) is 0 Å². The molecular formula is C29H25Cl2NO5S. The van der Waals surface area contributed by atoms with Gasteiger partial charge < -0.3 is 4.74 Å². The Balaban J connectivity index is 0.000000540. The molecule has 3 aromatic carbocycles. The Morgan fingerprint density at radius 3 is 1.95 bits per heavy atom. The van der Waals surface area contributed by atoms with Crippen LogP contribution in [0.5, 0.6) is 0 Å². The lowest BCUT2D eigenvalue weighted by Gasteiger charge is -2.28. The molecule has 9 heteroatoms. The van der Waals surface area contributed by atoms with Crippen LogP contribution in [-0.2, 0) is 4.74 Å². The quantitative estimate of drug-likeness (QED) is 0.447. The number of hydrogen-bond acceptors (Lipinski definition) is 6. The molecule has 1 aliphatic carbocycles. The summed E-state index contributed by atoms with van der Waals surface area (Å²) in [6, 6.07) is 29.3. The second-order valence-corrected chi connectivity index (χ2v) is 11.8. The van der Waals surface area contributed by atoms with Crippen LogP contribution < -0.4 is 18.6 Å². The molecule has 1 fully saturated rings. The molecule has 0 bridgehead atoms. The number of para-hydroxylation sites is 1. The van der Waals surface area contributed by atoms with Gasteiger partial charge in [0.2, 0.25) is 10.6 Å². The predicted octanol–water partition coefficient (Wildman–Crippen LogP) is 3.52. The van der Waals surface area contributed by atoms with Crippen LogP contribution in [0, 0.1) is 10.2 Å². The standard InChI is InChI=1S/C29H25ClNOS.ClHO4/c30-23-16-14-21(15-17-23)25-20-26(22-10-4-1-5-11-22)32-28-27(25)33-29(18-8-3-9-19-29)31(28)24-12-6-2-7-13-24;2-1(3,4)5/h1-2,4-7,10-17,20H,3,8-9,18-19H2;(H,2,3,4,5)/q+1;/p-1. The summed E-state index contributed by atoms with van der Waals surface area (Å²) in [6.07, 6.45) is 8.29. The normalized spacial score (nSPS) is 18.4. The Morgan fingerprint density at radius 2 is 1.34 bits per heavy atom. The van der Waals surface area contributed by atoms with Gasteiger partial charge >= 0.3 is 5.90 Å².